The summed E-state index contributed by atoms with van der Waals surface area (Å²) in [7, 11) is 2.16. The SMILES string of the molecule is Cc1cc[c]c(OCCN2CCN(C)CC2)c1Cl. The molecule has 0 aromatic heterocycles. The van der Waals surface area contributed by atoms with Crippen molar-refractivity contribution in [3.63, 3.8) is 0 Å². The fourth-order valence-electron chi connectivity index (χ4n) is 2.01. The molecule has 3 nitrogen and oxygen atoms in total. The van der Waals surface area contributed by atoms with Crippen LogP contribution < -0.4 is 4.74 Å². The molecule has 0 spiro atoms. The van der Waals surface area contributed by atoms with E-state index in [4.69, 9.17) is 16.3 Å². The van der Waals surface area contributed by atoms with Gasteiger partial charge in [0.05, 0.1) is 5.02 Å². The molecule has 4 heteroatoms. The minimum atomic E-state index is 0.670. The molecule has 0 N–H and O–H groups in total. The molecule has 1 aromatic carbocycles. The second-order valence-electron chi connectivity index (χ2n) is 4.80. The van der Waals surface area contributed by atoms with Crippen molar-refractivity contribution in [2.45, 2.75) is 6.92 Å². The second kappa shape index (κ2) is 6.41. The molecule has 1 aliphatic heterocycles. The average Bonchev–Trinajstić information content (AvgIpc) is 2.37. The molecule has 0 amide bonds. The number of piperazine rings is 1. The Labute approximate surface area is 114 Å². The molecule has 0 atom stereocenters. The standard InChI is InChI=1S/C14H20ClN2O/c1-12-4-3-5-13(14(12)15)18-11-10-17-8-6-16(2)7-9-17/h3-4H,6-11H2,1-2H3. The number of nitrogens with zero attached hydrogens (tertiary/aromatic N) is 2. The van der Waals surface area contributed by atoms with E-state index in [-0.39, 0.29) is 0 Å². The van der Waals surface area contributed by atoms with Crippen molar-refractivity contribution < 1.29 is 4.74 Å². The molecular weight excluding hydrogens is 248 g/mol. The normalized spacial score (nSPS) is 17.9. The van der Waals surface area contributed by atoms with Gasteiger partial charge in [0.25, 0.3) is 0 Å². The van der Waals surface area contributed by atoms with E-state index < -0.39 is 0 Å². The van der Waals surface area contributed by atoms with Gasteiger partial charge in [0, 0.05) is 38.8 Å². The first-order valence-electron chi connectivity index (χ1n) is 6.37. The predicted molar refractivity (Wildman–Crippen MR) is 74.5 cm³/mol. The highest BCUT2D eigenvalue weighted by Crippen LogP contribution is 2.26. The van der Waals surface area contributed by atoms with E-state index in [2.05, 4.69) is 22.9 Å². The van der Waals surface area contributed by atoms with E-state index in [9.17, 15) is 0 Å². The minimum absolute atomic E-state index is 0.670. The Morgan fingerprint density at radius 1 is 1.33 bits per heavy atom. The molecule has 0 aliphatic carbocycles. The maximum Gasteiger partial charge on any atom is 0.146 e. The minimum Gasteiger partial charge on any atom is -0.490 e. The van der Waals surface area contributed by atoms with Gasteiger partial charge in [0.15, 0.2) is 0 Å². The maximum atomic E-state index is 6.16. The van der Waals surface area contributed by atoms with Crippen molar-refractivity contribution in [3.05, 3.63) is 28.8 Å². The molecule has 0 saturated carbocycles. The molecule has 1 saturated heterocycles. The second-order valence-corrected chi connectivity index (χ2v) is 5.18. The monoisotopic (exact) mass is 267 g/mol. The van der Waals surface area contributed by atoms with E-state index in [1.807, 2.05) is 19.1 Å². The zero-order chi connectivity index (χ0) is 13.0. The lowest BCUT2D eigenvalue weighted by Gasteiger charge is -2.32. The van der Waals surface area contributed by atoms with Gasteiger partial charge < -0.3 is 9.64 Å². The highest BCUT2D eigenvalue weighted by atomic mass is 35.5. The third-order valence-electron chi connectivity index (χ3n) is 3.34. The summed E-state index contributed by atoms with van der Waals surface area (Å²) in [4.78, 5) is 4.77. The van der Waals surface area contributed by atoms with Crippen LogP contribution in [-0.4, -0.2) is 56.2 Å². The van der Waals surface area contributed by atoms with Gasteiger partial charge in [-0.2, -0.15) is 0 Å². The smallest absolute Gasteiger partial charge is 0.146 e. The lowest BCUT2D eigenvalue weighted by Crippen LogP contribution is -2.45. The number of ether oxygens (including phenoxy) is 1. The Balaban J connectivity index is 1.77. The largest absolute Gasteiger partial charge is 0.490 e. The van der Waals surface area contributed by atoms with Gasteiger partial charge in [-0.1, -0.05) is 23.7 Å². The summed E-state index contributed by atoms with van der Waals surface area (Å²) in [5.74, 6) is 0.672. The quantitative estimate of drug-likeness (QED) is 0.831. The van der Waals surface area contributed by atoms with Gasteiger partial charge in [0.1, 0.15) is 12.4 Å². The Morgan fingerprint density at radius 2 is 2.06 bits per heavy atom. The van der Waals surface area contributed by atoms with Crippen LogP contribution in [0.25, 0.3) is 0 Å². The molecule has 2 rings (SSSR count). The van der Waals surface area contributed by atoms with Crippen molar-refractivity contribution in [2.75, 3.05) is 46.4 Å². The van der Waals surface area contributed by atoms with Crippen molar-refractivity contribution >= 4 is 11.6 Å². The molecule has 1 aromatic rings. The van der Waals surface area contributed by atoms with Crippen molar-refractivity contribution in [2.24, 2.45) is 0 Å². The molecule has 99 valence electrons. The van der Waals surface area contributed by atoms with Crippen LogP contribution in [0.1, 0.15) is 5.56 Å². The summed E-state index contributed by atoms with van der Waals surface area (Å²) < 4.78 is 5.70. The number of hydrogen-bond acceptors (Lipinski definition) is 3. The summed E-state index contributed by atoms with van der Waals surface area (Å²) in [6, 6.07) is 6.84. The fraction of sp³-hybridized carbons (Fsp3) is 0.571. The van der Waals surface area contributed by atoms with Crippen LogP contribution in [0.4, 0.5) is 0 Å². The summed E-state index contributed by atoms with van der Waals surface area (Å²) in [6.07, 6.45) is 0. The first-order chi connectivity index (χ1) is 8.66. The third kappa shape index (κ3) is 3.61. The average molecular weight is 268 g/mol. The van der Waals surface area contributed by atoms with E-state index in [1.165, 1.54) is 0 Å². The summed E-state index contributed by atoms with van der Waals surface area (Å²) in [5, 5.41) is 0.677. The van der Waals surface area contributed by atoms with Gasteiger partial charge in [-0.25, -0.2) is 0 Å². The van der Waals surface area contributed by atoms with Crippen LogP contribution in [0.15, 0.2) is 12.1 Å². The highest BCUT2D eigenvalue weighted by molar-refractivity contribution is 6.32. The van der Waals surface area contributed by atoms with Crippen LogP contribution in [0.2, 0.25) is 5.02 Å². The summed E-state index contributed by atoms with van der Waals surface area (Å²) >= 11 is 6.16. The van der Waals surface area contributed by atoms with Crippen molar-refractivity contribution in [1.82, 2.24) is 9.80 Å². The number of aryl methyl sites for hydroxylation is 1. The van der Waals surface area contributed by atoms with Gasteiger partial charge in [-0.15, -0.1) is 0 Å². The molecule has 1 radical (unpaired) electrons. The Hall–Kier alpha value is -0.770. The number of hydrogen-bond donors (Lipinski definition) is 0. The highest BCUT2D eigenvalue weighted by Gasteiger charge is 2.13. The Bertz CT molecular complexity index is 389. The maximum absolute atomic E-state index is 6.16. The zero-order valence-corrected chi connectivity index (χ0v) is 11.8. The molecule has 0 bridgehead atoms. The van der Waals surface area contributed by atoms with E-state index in [0.717, 1.165) is 38.3 Å². The topological polar surface area (TPSA) is 15.7 Å². The first-order valence-corrected chi connectivity index (χ1v) is 6.75. The summed E-state index contributed by atoms with van der Waals surface area (Å²) in [5.41, 5.74) is 1.03. The van der Waals surface area contributed by atoms with Crippen LogP contribution in [0, 0.1) is 13.0 Å². The van der Waals surface area contributed by atoms with Crippen LogP contribution in [-0.2, 0) is 0 Å². The predicted octanol–water partition coefficient (Wildman–Crippen LogP) is 2.07. The summed E-state index contributed by atoms with van der Waals surface area (Å²) in [6.45, 7) is 8.10. The number of benzene rings is 1. The lowest BCUT2D eigenvalue weighted by molar-refractivity contribution is 0.133. The van der Waals surface area contributed by atoms with Crippen LogP contribution in [0.3, 0.4) is 0 Å². The molecule has 0 unspecified atom stereocenters. The first kappa shape index (κ1) is 13.7. The fourth-order valence-corrected chi connectivity index (χ4v) is 2.18. The number of rotatable bonds is 4. The number of halogens is 1. The Morgan fingerprint density at radius 3 is 2.78 bits per heavy atom. The van der Waals surface area contributed by atoms with Crippen molar-refractivity contribution in [1.29, 1.82) is 0 Å². The van der Waals surface area contributed by atoms with E-state index >= 15 is 0 Å². The van der Waals surface area contributed by atoms with Gasteiger partial charge in [0.2, 0.25) is 0 Å². The van der Waals surface area contributed by atoms with Crippen LogP contribution in [0.5, 0.6) is 5.75 Å². The van der Waals surface area contributed by atoms with Gasteiger partial charge in [-0.05, 0) is 19.5 Å². The molecular formula is C14H20ClN2O. The van der Waals surface area contributed by atoms with Gasteiger partial charge in [-0.3, -0.25) is 4.90 Å². The molecule has 1 aliphatic rings. The molecule has 18 heavy (non-hydrogen) atoms. The van der Waals surface area contributed by atoms with Crippen molar-refractivity contribution in [3.8, 4) is 5.75 Å². The van der Waals surface area contributed by atoms with E-state index in [1.54, 1.807) is 0 Å². The third-order valence-corrected chi connectivity index (χ3v) is 3.81. The molecule has 1 fully saturated rings. The number of likely N-dealkylation sites (N-methyl/N-ethyl adjacent to an activating group) is 1. The van der Waals surface area contributed by atoms with Gasteiger partial charge >= 0.3 is 0 Å². The Kier molecular flexibility index (Phi) is 4.87. The zero-order valence-electron chi connectivity index (χ0n) is 11.1. The molecule has 1 heterocycles. The lowest BCUT2D eigenvalue weighted by atomic mass is 10.2. The van der Waals surface area contributed by atoms with Crippen LogP contribution >= 0.6 is 11.6 Å². The van der Waals surface area contributed by atoms with E-state index in [0.29, 0.717) is 17.4 Å².